The fourth-order valence-electron chi connectivity index (χ4n) is 1.40. The highest BCUT2D eigenvalue weighted by atomic mass is 35.5. The molecule has 0 aliphatic carbocycles. The summed E-state index contributed by atoms with van der Waals surface area (Å²) in [5.41, 5.74) is -1.23. The van der Waals surface area contributed by atoms with E-state index in [1.807, 2.05) is 0 Å². The lowest BCUT2D eigenvalue weighted by atomic mass is 10.0. The molecule has 0 spiro atoms. The molecule has 1 rings (SSSR count). The van der Waals surface area contributed by atoms with Gasteiger partial charge < -0.3 is 10.0 Å². The van der Waals surface area contributed by atoms with E-state index >= 15 is 0 Å². The molecule has 0 aliphatic rings. The van der Waals surface area contributed by atoms with Crippen molar-refractivity contribution in [3.05, 3.63) is 37.9 Å². The summed E-state index contributed by atoms with van der Waals surface area (Å²) in [4.78, 5) is 23.7. The van der Waals surface area contributed by atoms with Gasteiger partial charge in [0, 0.05) is 19.2 Å². The van der Waals surface area contributed by atoms with E-state index in [9.17, 15) is 20.0 Å². The zero-order valence-electron chi connectivity index (χ0n) is 11.2. The van der Waals surface area contributed by atoms with Crippen molar-refractivity contribution in [2.45, 2.75) is 19.4 Å². The summed E-state index contributed by atoms with van der Waals surface area (Å²) in [7, 11) is 1.47. The number of halogens is 2. The zero-order valence-corrected chi connectivity index (χ0v) is 12.7. The summed E-state index contributed by atoms with van der Waals surface area (Å²) in [5.74, 6) is -0.556. The van der Waals surface area contributed by atoms with E-state index < -0.39 is 16.4 Å². The van der Waals surface area contributed by atoms with Gasteiger partial charge in [-0.25, -0.2) is 0 Å². The quantitative estimate of drug-likeness (QED) is 0.683. The summed E-state index contributed by atoms with van der Waals surface area (Å²) in [6.07, 6.45) is 0. The van der Waals surface area contributed by atoms with Gasteiger partial charge in [0.15, 0.2) is 0 Å². The normalized spacial score (nSPS) is 11.3. The van der Waals surface area contributed by atoms with E-state index in [0.29, 0.717) is 0 Å². The van der Waals surface area contributed by atoms with Gasteiger partial charge in [-0.1, -0.05) is 23.2 Å². The molecule has 0 aliphatic heterocycles. The Balaban J connectivity index is 3.32. The number of benzene rings is 1. The molecule has 6 nitrogen and oxygen atoms in total. The predicted octanol–water partition coefficient (Wildman–Crippen LogP) is 2.74. The van der Waals surface area contributed by atoms with Crippen LogP contribution in [0.4, 0.5) is 5.69 Å². The summed E-state index contributed by atoms with van der Waals surface area (Å²) < 4.78 is 0. The lowest BCUT2D eigenvalue weighted by Gasteiger charge is -2.34. The van der Waals surface area contributed by atoms with E-state index in [-0.39, 0.29) is 27.9 Å². The second-order valence-corrected chi connectivity index (χ2v) is 5.67. The van der Waals surface area contributed by atoms with E-state index in [0.717, 1.165) is 12.1 Å². The SMILES string of the molecule is CN(C(=O)c1cc([N+](=O)[O-])cc(Cl)c1Cl)C(C)(C)CO. The number of carbonyl (C=O) groups is 1. The van der Waals surface area contributed by atoms with Gasteiger partial charge in [0.05, 0.1) is 32.7 Å². The van der Waals surface area contributed by atoms with E-state index in [1.165, 1.54) is 11.9 Å². The Hall–Kier alpha value is -1.37. The Kier molecular flexibility index (Phi) is 4.96. The number of nitro groups is 1. The van der Waals surface area contributed by atoms with Crippen LogP contribution in [-0.2, 0) is 0 Å². The average Bonchev–Trinajstić information content (AvgIpc) is 2.39. The summed E-state index contributed by atoms with van der Waals surface area (Å²) in [6.45, 7) is 3.03. The standard InChI is InChI=1S/C12H14Cl2N2O4/c1-12(2,6-17)15(3)11(18)8-4-7(16(19)20)5-9(13)10(8)14/h4-5,17H,6H2,1-3H3. The number of hydrogen-bond acceptors (Lipinski definition) is 4. The first-order valence-electron chi connectivity index (χ1n) is 5.64. The molecule has 0 atom stereocenters. The highest BCUT2D eigenvalue weighted by Gasteiger charge is 2.30. The molecule has 20 heavy (non-hydrogen) atoms. The van der Waals surface area contributed by atoms with Crippen LogP contribution in [0.15, 0.2) is 12.1 Å². The largest absolute Gasteiger partial charge is 0.394 e. The number of amides is 1. The smallest absolute Gasteiger partial charge is 0.271 e. The Bertz CT molecular complexity index is 561. The Labute approximate surface area is 126 Å². The first-order valence-corrected chi connectivity index (χ1v) is 6.40. The molecule has 110 valence electrons. The van der Waals surface area contributed by atoms with E-state index in [1.54, 1.807) is 13.8 Å². The molecule has 1 N–H and O–H groups in total. The maximum Gasteiger partial charge on any atom is 0.271 e. The average molecular weight is 321 g/mol. The fourth-order valence-corrected chi connectivity index (χ4v) is 1.80. The second kappa shape index (κ2) is 5.95. The van der Waals surface area contributed by atoms with Crippen molar-refractivity contribution in [1.82, 2.24) is 4.90 Å². The fraction of sp³-hybridized carbons (Fsp3) is 0.417. The summed E-state index contributed by atoms with van der Waals surface area (Å²) in [5, 5.41) is 19.9. The first kappa shape index (κ1) is 16.7. The monoisotopic (exact) mass is 320 g/mol. The molecule has 0 saturated carbocycles. The van der Waals surface area contributed by atoms with Crippen LogP contribution in [0.1, 0.15) is 24.2 Å². The van der Waals surface area contributed by atoms with Crippen molar-refractivity contribution < 1.29 is 14.8 Å². The number of nitro benzene ring substituents is 1. The number of non-ortho nitro benzene ring substituents is 1. The predicted molar refractivity (Wildman–Crippen MR) is 76.4 cm³/mol. The van der Waals surface area contributed by atoms with Crippen LogP contribution < -0.4 is 0 Å². The van der Waals surface area contributed by atoms with Crippen molar-refractivity contribution in [3.63, 3.8) is 0 Å². The molecule has 0 unspecified atom stereocenters. The second-order valence-electron chi connectivity index (χ2n) is 4.88. The summed E-state index contributed by atoms with van der Waals surface area (Å²) in [6, 6.07) is 2.15. The molecule has 0 bridgehead atoms. The van der Waals surface area contributed by atoms with Crippen molar-refractivity contribution in [2.75, 3.05) is 13.7 Å². The van der Waals surface area contributed by atoms with Gasteiger partial charge in [0.1, 0.15) is 0 Å². The lowest BCUT2D eigenvalue weighted by Crippen LogP contribution is -2.47. The Morgan fingerprint density at radius 3 is 2.45 bits per heavy atom. The molecule has 1 aromatic rings. The minimum Gasteiger partial charge on any atom is -0.394 e. The van der Waals surface area contributed by atoms with Crippen LogP contribution in [0.25, 0.3) is 0 Å². The van der Waals surface area contributed by atoms with Crippen LogP contribution in [-0.4, -0.2) is 40.0 Å². The third kappa shape index (κ3) is 3.20. The third-order valence-corrected chi connectivity index (χ3v) is 3.86. The molecule has 0 aromatic heterocycles. The minimum atomic E-state index is -0.836. The molecule has 1 amide bonds. The van der Waals surface area contributed by atoms with Crippen molar-refractivity contribution in [2.24, 2.45) is 0 Å². The van der Waals surface area contributed by atoms with Crippen molar-refractivity contribution >= 4 is 34.8 Å². The maximum atomic E-state index is 12.3. The van der Waals surface area contributed by atoms with E-state index in [4.69, 9.17) is 23.2 Å². The molecular formula is C12H14Cl2N2O4. The first-order chi connectivity index (χ1) is 9.11. The van der Waals surface area contributed by atoms with Gasteiger partial charge in [-0.3, -0.25) is 14.9 Å². The van der Waals surface area contributed by atoms with Crippen molar-refractivity contribution in [1.29, 1.82) is 0 Å². The molecule has 1 aromatic carbocycles. The lowest BCUT2D eigenvalue weighted by molar-refractivity contribution is -0.384. The van der Waals surface area contributed by atoms with Gasteiger partial charge >= 0.3 is 0 Å². The van der Waals surface area contributed by atoms with Gasteiger partial charge in [-0.05, 0) is 13.8 Å². The number of rotatable bonds is 4. The van der Waals surface area contributed by atoms with Crippen LogP contribution in [0.3, 0.4) is 0 Å². The van der Waals surface area contributed by atoms with Gasteiger partial charge in [0.25, 0.3) is 11.6 Å². The molecule has 0 fully saturated rings. The number of aliphatic hydroxyl groups excluding tert-OH is 1. The Morgan fingerprint density at radius 2 is 2.00 bits per heavy atom. The molecular weight excluding hydrogens is 307 g/mol. The molecule has 0 heterocycles. The maximum absolute atomic E-state index is 12.3. The number of nitrogens with zero attached hydrogens (tertiary/aromatic N) is 2. The minimum absolute atomic E-state index is 0.0529. The number of aliphatic hydroxyl groups is 1. The Morgan fingerprint density at radius 1 is 1.45 bits per heavy atom. The number of carbonyl (C=O) groups excluding carboxylic acids is 1. The van der Waals surface area contributed by atoms with Gasteiger partial charge in [-0.2, -0.15) is 0 Å². The molecule has 8 heteroatoms. The van der Waals surface area contributed by atoms with E-state index in [2.05, 4.69) is 0 Å². The van der Waals surface area contributed by atoms with Gasteiger partial charge in [-0.15, -0.1) is 0 Å². The van der Waals surface area contributed by atoms with Crippen molar-refractivity contribution in [3.8, 4) is 0 Å². The highest BCUT2D eigenvalue weighted by molar-refractivity contribution is 6.44. The van der Waals surface area contributed by atoms with Crippen LogP contribution in [0.2, 0.25) is 10.0 Å². The number of likely N-dealkylation sites (N-methyl/N-ethyl adjacent to an activating group) is 1. The van der Waals surface area contributed by atoms with Gasteiger partial charge in [0.2, 0.25) is 0 Å². The summed E-state index contributed by atoms with van der Waals surface area (Å²) >= 11 is 11.7. The van der Waals surface area contributed by atoms with Crippen LogP contribution >= 0.6 is 23.2 Å². The molecule has 0 saturated heterocycles. The molecule has 0 radical (unpaired) electrons. The number of hydrogen-bond donors (Lipinski definition) is 1. The highest BCUT2D eigenvalue weighted by Crippen LogP contribution is 2.32. The third-order valence-electron chi connectivity index (χ3n) is 3.05. The zero-order chi connectivity index (χ0) is 15.7. The topological polar surface area (TPSA) is 83.7 Å². The van der Waals surface area contributed by atoms with Crippen LogP contribution in [0, 0.1) is 10.1 Å². The van der Waals surface area contributed by atoms with Crippen LogP contribution in [0.5, 0.6) is 0 Å².